The van der Waals surface area contributed by atoms with E-state index in [4.69, 9.17) is 23.2 Å². The minimum Gasteiger partial charge on any atom is -0.393 e. The van der Waals surface area contributed by atoms with Gasteiger partial charge in [0, 0.05) is 40.7 Å². The van der Waals surface area contributed by atoms with Gasteiger partial charge < -0.3 is 10.0 Å². The van der Waals surface area contributed by atoms with E-state index < -0.39 is 0 Å². The van der Waals surface area contributed by atoms with Crippen molar-refractivity contribution in [3.63, 3.8) is 0 Å². The van der Waals surface area contributed by atoms with Gasteiger partial charge in [0.05, 0.1) is 6.10 Å². The van der Waals surface area contributed by atoms with E-state index >= 15 is 0 Å². The molecule has 3 unspecified atom stereocenters. The summed E-state index contributed by atoms with van der Waals surface area (Å²) in [6, 6.07) is 5.26. The Morgan fingerprint density at radius 3 is 2.62 bits per heavy atom. The summed E-state index contributed by atoms with van der Waals surface area (Å²) in [5, 5.41) is 10.9. The number of aliphatic hydroxyl groups is 1. The third-order valence-electron chi connectivity index (χ3n) is 4.52. The summed E-state index contributed by atoms with van der Waals surface area (Å²) in [5.74, 6) is 0.639. The van der Waals surface area contributed by atoms with E-state index in [1.54, 1.807) is 29.2 Å². The number of fused-ring (bicyclic) bond motifs is 1. The molecule has 21 heavy (non-hydrogen) atoms. The van der Waals surface area contributed by atoms with Gasteiger partial charge in [-0.2, -0.15) is 0 Å². The number of rotatable bonds is 2. The number of carbonyl (C=O) groups excluding carboxylic acids is 1. The Labute approximate surface area is 134 Å². The molecule has 1 aromatic rings. The molecule has 1 N–H and O–H groups in total. The summed E-state index contributed by atoms with van der Waals surface area (Å²) in [4.78, 5) is 14.1. The zero-order valence-electron chi connectivity index (χ0n) is 11.5. The van der Waals surface area contributed by atoms with Gasteiger partial charge in [0.2, 0.25) is 5.91 Å². The largest absolute Gasteiger partial charge is 0.393 e. The number of likely N-dealkylation sites (tertiary alicyclic amines) is 1. The van der Waals surface area contributed by atoms with Crippen LogP contribution in [0.1, 0.15) is 18.4 Å². The third kappa shape index (κ3) is 2.96. The molecule has 3 rings (SSSR count). The molecule has 1 aromatic carbocycles. The van der Waals surface area contributed by atoms with E-state index in [1.807, 2.05) is 0 Å². The van der Waals surface area contributed by atoms with Gasteiger partial charge in [0.15, 0.2) is 0 Å². The number of hydrogen-bond donors (Lipinski definition) is 1. The van der Waals surface area contributed by atoms with Gasteiger partial charge in [-0.25, -0.2) is 0 Å². The van der Waals surface area contributed by atoms with Crippen molar-refractivity contribution in [1.29, 1.82) is 0 Å². The van der Waals surface area contributed by atoms with Crippen LogP contribution < -0.4 is 0 Å². The van der Waals surface area contributed by atoms with Crippen molar-refractivity contribution in [2.45, 2.75) is 18.9 Å². The zero-order valence-corrected chi connectivity index (χ0v) is 13.0. The molecule has 1 heterocycles. The Morgan fingerprint density at radius 2 is 1.95 bits per heavy atom. The maximum atomic E-state index is 12.3. The van der Waals surface area contributed by atoms with E-state index in [0.29, 0.717) is 28.1 Å². The maximum Gasteiger partial charge on any atom is 0.246 e. The summed E-state index contributed by atoms with van der Waals surface area (Å²) in [5.41, 5.74) is 0.661. The van der Waals surface area contributed by atoms with Crippen LogP contribution in [0.5, 0.6) is 0 Å². The molecule has 1 aliphatic carbocycles. The molecular formula is C16H17Cl2NO2. The van der Waals surface area contributed by atoms with Crippen LogP contribution in [0.15, 0.2) is 24.3 Å². The fraction of sp³-hybridized carbons (Fsp3) is 0.438. The number of hydrogen-bond acceptors (Lipinski definition) is 2. The number of amides is 1. The van der Waals surface area contributed by atoms with E-state index in [9.17, 15) is 9.90 Å². The second-order valence-corrected chi connectivity index (χ2v) is 6.59. The Hall–Kier alpha value is -1.03. The first-order valence-electron chi connectivity index (χ1n) is 7.15. The van der Waals surface area contributed by atoms with E-state index in [2.05, 4.69) is 0 Å². The molecule has 112 valence electrons. The van der Waals surface area contributed by atoms with E-state index in [1.165, 1.54) is 6.08 Å². The van der Waals surface area contributed by atoms with Crippen LogP contribution in [-0.2, 0) is 4.79 Å². The third-order valence-corrected chi connectivity index (χ3v) is 5.18. The van der Waals surface area contributed by atoms with Crippen LogP contribution in [0.4, 0.5) is 0 Å². The molecule has 0 radical (unpaired) electrons. The lowest BCUT2D eigenvalue weighted by molar-refractivity contribution is -0.125. The predicted octanol–water partition coefficient (Wildman–Crippen LogP) is 3.24. The van der Waals surface area contributed by atoms with Gasteiger partial charge in [-0.1, -0.05) is 29.3 Å². The molecule has 0 aromatic heterocycles. The summed E-state index contributed by atoms with van der Waals surface area (Å²) in [6.45, 7) is 1.38. The lowest BCUT2D eigenvalue weighted by Crippen LogP contribution is -2.29. The molecule has 3 nitrogen and oxygen atoms in total. The van der Waals surface area contributed by atoms with Crippen molar-refractivity contribution < 1.29 is 9.90 Å². The fourth-order valence-corrected chi connectivity index (χ4v) is 3.87. The molecule has 1 saturated carbocycles. The average molecular weight is 326 g/mol. The van der Waals surface area contributed by atoms with Crippen LogP contribution >= 0.6 is 23.2 Å². The number of carbonyl (C=O) groups is 1. The lowest BCUT2D eigenvalue weighted by Gasteiger charge is -2.16. The molecule has 1 saturated heterocycles. The van der Waals surface area contributed by atoms with Crippen LogP contribution in [-0.4, -0.2) is 35.1 Å². The minimum atomic E-state index is -0.255. The van der Waals surface area contributed by atoms with Gasteiger partial charge in [-0.05, 0) is 37.0 Å². The van der Waals surface area contributed by atoms with Gasteiger partial charge in [-0.15, -0.1) is 0 Å². The van der Waals surface area contributed by atoms with Crippen molar-refractivity contribution in [2.75, 3.05) is 13.1 Å². The zero-order chi connectivity index (χ0) is 15.0. The summed E-state index contributed by atoms with van der Waals surface area (Å²) in [6.07, 6.45) is 4.80. The Balaban J connectivity index is 1.69. The SMILES string of the molecule is O=C(/C=C/c1c(Cl)cccc1Cl)N1CC2CCC(O)C2C1. The Bertz CT molecular complexity index is 567. The molecule has 2 fully saturated rings. The Kier molecular flexibility index (Phi) is 4.25. The number of nitrogens with zero attached hydrogens (tertiary/aromatic N) is 1. The van der Waals surface area contributed by atoms with Crippen molar-refractivity contribution >= 4 is 35.2 Å². The highest BCUT2D eigenvalue weighted by molar-refractivity contribution is 6.37. The lowest BCUT2D eigenvalue weighted by atomic mass is 10.00. The standard InChI is InChI=1S/C16H17Cl2NO2/c17-13-2-1-3-14(18)11(13)5-7-16(21)19-8-10-4-6-15(20)12(10)9-19/h1-3,5,7,10,12,15,20H,4,6,8-9H2/b7-5+. The molecule has 2 aliphatic rings. The quantitative estimate of drug-likeness (QED) is 0.848. The highest BCUT2D eigenvalue weighted by Crippen LogP contribution is 2.38. The minimum absolute atomic E-state index is 0.0485. The second kappa shape index (κ2) is 5.99. The number of aliphatic hydroxyl groups excluding tert-OH is 1. The van der Waals surface area contributed by atoms with Crippen LogP contribution in [0.25, 0.3) is 6.08 Å². The number of benzene rings is 1. The summed E-state index contributed by atoms with van der Waals surface area (Å²) < 4.78 is 0. The van der Waals surface area contributed by atoms with Gasteiger partial charge in [0.25, 0.3) is 0 Å². The highest BCUT2D eigenvalue weighted by Gasteiger charge is 2.42. The molecule has 1 aliphatic heterocycles. The topological polar surface area (TPSA) is 40.5 Å². The molecule has 1 amide bonds. The van der Waals surface area contributed by atoms with E-state index in [-0.39, 0.29) is 17.9 Å². The van der Waals surface area contributed by atoms with Crippen LogP contribution in [0.3, 0.4) is 0 Å². The maximum absolute atomic E-state index is 12.3. The second-order valence-electron chi connectivity index (χ2n) is 5.78. The average Bonchev–Trinajstić information content (AvgIpc) is 3.01. The predicted molar refractivity (Wildman–Crippen MR) is 84.3 cm³/mol. The van der Waals surface area contributed by atoms with E-state index in [0.717, 1.165) is 19.4 Å². The molecule has 5 heteroatoms. The van der Waals surface area contributed by atoms with Gasteiger partial charge >= 0.3 is 0 Å². The van der Waals surface area contributed by atoms with Gasteiger partial charge in [0.1, 0.15) is 0 Å². The van der Waals surface area contributed by atoms with Crippen LogP contribution in [0.2, 0.25) is 10.0 Å². The Morgan fingerprint density at radius 1 is 1.24 bits per heavy atom. The smallest absolute Gasteiger partial charge is 0.246 e. The monoisotopic (exact) mass is 325 g/mol. The fourth-order valence-electron chi connectivity index (χ4n) is 3.35. The van der Waals surface area contributed by atoms with Crippen molar-refractivity contribution in [1.82, 2.24) is 4.90 Å². The first-order chi connectivity index (χ1) is 10.1. The number of halogens is 2. The van der Waals surface area contributed by atoms with Crippen LogP contribution in [0, 0.1) is 11.8 Å². The highest BCUT2D eigenvalue weighted by atomic mass is 35.5. The molecule has 0 spiro atoms. The molecule has 0 bridgehead atoms. The first kappa shape index (κ1) is 14.9. The van der Waals surface area contributed by atoms with Crippen molar-refractivity contribution in [3.05, 3.63) is 39.9 Å². The normalized spacial score (nSPS) is 28.3. The first-order valence-corrected chi connectivity index (χ1v) is 7.91. The summed E-state index contributed by atoms with van der Waals surface area (Å²) in [7, 11) is 0. The summed E-state index contributed by atoms with van der Waals surface area (Å²) >= 11 is 12.2. The molecular weight excluding hydrogens is 309 g/mol. The van der Waals surface area contributed by atoms with Gasteiger partial charge in [-0.3, -0.25) is 4.79 Å². The van der Waals surface area contributed by atoms with Crippen molar-refractivity contribution in [2.24, 2.45) is 11.8 Å². The van der Waals surface area contributed by atoms with Crippen molar-refractivity contribution in [3.8, 4) is 0 Å². The molecule has 3 atom stereocenters.